The number of aliphatic hydroxyl groups is 1. The maximum atomic E-state index is 13.3. The molecule has 8 heteroatoms. The molecule has 0 spiro atoms. The monoisotopic (exact) mass is 359 g/mol. The van der Waals surface area contributed by atoms with Crippen LogP contribution in [0.25, 0.3) is 0 Å². The molecule has 0 aromatic heterocycles. The van der Waals surface area contributed by atoms with Crippen molar-refractivity contribution in [1.29, 1.82) is 0 Å². The molecule has 0 bridgehead atoms. The van der Waals surface area contributed by atoms with Gasteiger partial charge in [-0.1, -0.05) is 0 Å². The van der Waals surface area contributed by atoms with Crippen molar-refractivity contribution < 1.29 is 32.5 Å². The van der Waals surface area contributed by atoms with Crippen LogP contribution in [0.2, 0.25) is 0 Å². The average Bonchev–Trinajstić information content (AvgIpc) is 2.42. The second kappa shape index (κ2) is 6.74. The predicted octanol–water partition coefficient (Wildman–Crippen LogP) is 2.61. The van der Waals surface area contributed by atoms with E-state index in [4.69, 9.17) is 4.74 Å². The van der Waals surface area contributed by atoms with Crippen LogP contribution in [0.15, 0.2) is 18.2 Å². The molecule has 2 N–H and O–H groups in total. The molecule has 0 radical (unpaired) electrons. The fourth-order valence-corrected chi connectivity index (χ4v) is 3.25. The SMILES string of the molecule is C[C@]1(O)C[C@@H](NC(=O)[C@H]2C[C@H](Oc3cc(F)ccc3OC(F)F)C2)C1. The number of nitrogens with one attached hydrogen (secondary N) is 1. The second-order valence-corrected chi connectivity index (χ2v) is 6.99. The molecule has 0 unspecified atom stereocenters. The average molecular weight is 359 g/mol. The maximum absolute atomic E-state index is 13.3. The third-order valence-electron chi connectivity index (χ3n) is 4.60. The Labute approximate surface area is 143 Å². The zero-order valence-electron chi connectivity index (χ0n) is 13.7. The van der Waals surface area contributed by atoms with Gasteiger partial charge >= 0.3 is 6.61 Å². The van der Waals surface area contributed by atoms with Crippen LogP contribution in [-0.2, 0) is 4.79 Å². The summed E-state index contributed by atoms with van der Waals surface area (Å²) in [5, 5.41) is 12.5. The highest BCUT2D eigenvalue weighted by atomic mass is 19.3. The fourth-order valence-electron chi connectivity index (χ4n) is 3.25. The maximum Gasteiger partial charge on any atom is 0.387 e. The third kappa shape index (κ3) is 4.36. The molecule has 0 heterocycles. The molecule has 3 rings (SSSR count). The van der Waals surface area contributed by atoms with E-state index in [1.807, 2.05) is 0 Å². The lowest BCUT2D eigenvalue weighted by Crippen LogP contribution is -2.56. The van der Waals surface area contributed by atoms with Gasteiger partial charge in [-0.3, -0.25) is 4.79 Å². The minimum Gasteiger partial charge on any atom is -0.486 e. The van der Waals surface area contributed by atoms with Gasteiger partial charge in [-0.25, -0.2) is 4.39 Å². The van der Waals surface area contributed by atoms with Crippen molar-refractivity contribution >= 4 is 5.91 Å². The number of carbonyl (C=O) groups excluding carboxylic acids is 1. The lowest BCUT2D eigenvalue weighted by Gasteiger charge is -2.43. The van der Waals surface area contributed by atoms with Gasteiger partial charge in [0.2, 0.25) is 5.91 Å². The topological polar surface area (TPSA) is 67.8 Å². The van der Waals surface area contributed by atoms with Crippen molar-refractivity contribution in [3.8, 4) is 11.5 Å². The van der Waals surface area contributed by atoms with Gasteiger partial charge in [-0.05, 0) is 44.7 Å². The van der Waals surface area contributed by atoms with E-state index in [1.165, 1.54) is 0 Å². The van der Waals surface area contributed by atoms with E-state index in [1.54, 1.807) is 6.92 Å². The summed E-state index contributed by atoms with van der Waals surface area (Å²) in [5.74, 6) is -1.30. The molecule has 5 nitrogen and oxygen atoms in total. The molecule has 1 amide bonds. The summed E-state index contributed by atoms with van der Waals surface area (Å²) < 4.78 is 47.9. The summed E-state index contributed by atoms with van der Waals surface area (Å²) in [5.41, 5.74) is -0.707. The van der Waals surface area contributed by atoms with Crippen LogP contribution >= 0.6 is 0 Å². The van der Waals surface area contributed by atoms with E-state index in [-0.39, 0.29) is 35.5 Å². The number of amides is 1. The Morgan fingerprint density at radius 2 is 2.00 bits per heavy atom. The van der Waals surface area contributed by atoms with Gasteiger partial charge < -0.3 is 19.9 Å². The van der Waals surface area contributed by atoms with Crippen molar-refractivity contribution in [2.75, 3.05) is 0 Å². The van der Waals surface area contributed by atoms with Crippen molar-refractivity contribution in [1.82, 2.24) is 5.32 Å². The number of benzene rings is 1. The molecule has 2 saturated carbocycles. The Kier molecular flexibility index (Phi) is 4.81. The van der Waals surface area contributed by atoms with E-state index < -0.39 is 18.0 Å². The predicted molar refractivity (Wildman–Crippen MR) is 82.0 cm³/mol. The smallest absolute Gasteiger partial charge is 0.387 e. The van der Waals surface area contributed by atoms with Gasteiger partial charge in [0.15, 0.2) is 11.5 Å². The van der Waals surface area contributed by atoms with Crippen molar-refractivity contribution in [2.24, 2.45) is 5.92 Å². The number of carbonyl (C=O) groups is 1. The normalized spacial score (nSPS) is 31.0. The van der Waals surface area contributed by atoms with E-state index in [9.17, 15) is 23.1 Å². The summed E-state index contributed by atoms with van der Waals surface area (Å²) in [7, 11) is 0. The molecule has 0 aliphatic heterocycles. The zero-order chi connectivity index (χ0) is 18.2. The fraction of sp³-hybridized carbons (Fsp3) is 0.588. The van der Waals surface area contributed by atoms with Gasteiger partial charge in [-0.2, -0.15) is 8.78 Å². The second-order valence-electron chi connectivity index (χ2n) is 6.99. The van der Waals surface area contributed by atoms with Crippen LogP contribution in [0, 0.1) is 11.7 Å². The Morgan fingerprint density at radius 3 is 2.60 bits per heavy atom. The van der Waals surface area contributed by atoms with Crippen molar-refractivity contribution in [3.63, 3.8) is 0 Å². The summed E-state index contributed by atoms with van der Waals surface area (Å²) in [4.78, 5) is 12.1. The highest BCUT2D eigenvalue weighted by Gasteiger charge is 2.42. The first-order chi connectivity index (χ1) is 11.7. The van der Waals surface area contributed by atoms with E-state index in [0.29, 0.717) is 25.7 Å². The lowest BCUT2D eigenvalue weighted by molar-refractivity contribution is -0.134. The standard InChI is InChI=1S/C17H20F3NO4/c1-17(23)7-11(8-17)21-15(22)9-4-12(5-9)24-14-6-10(18)2-3-13(14)25-16(19)20/h2-3,6,9,11-12,16,23H,4-5,7-8H2,1H3,(H,21,22)/t9-,11-,12-,17+. The summed E-state index contributed by atoms with van der Waals surface area (Å²) in [6.07, 6.45) is 1.53. The molecular weight excluding hydrogens is 339 g/mol. The summed E-state index contributed by atoms with van der Waals surface area (Å²) in [6.45, 7) is -1.31. The van der Waals surface area contributed by atoms with E-state index >= 15 is 0 Å². The molecular formula is C17H20F3NO4. The molecule has 0 saturated heterocycles. The number of ether oxygens (including phenoxy) is 2. The molecule has 138 valence electrons. The van der Waals surface area contributed by atoms with Gasteiger partial charge in [0.1, 0.15) is 11.9 Å². The highest BCUT2D eigenvalue weighted by molar-refractivity contribution is 5.80. The Morgan fingerprint density at radius 1 is 1.32 bits per heavy atom. The number of hydrogen-bond acceptors (Lipinski definition) is 4. The van der Waals surface area contributed by atoms with Gasteiger partial charge in [0.05, 0.1) is 5.60 Å². The molecule has 2 fully saturated rings. The molecule has 2 aliphatic carbocycles. The summed E-state index contributed by atoms with van der Waals surface area (Å²) >= 11 is 0. The van der Waals surface area contributed by atoms with Crippen LogP contribution in [0.3, 0.4) is 0 Å². The minimum atomic E-state index is -3.03. The minimum absolute atomic E-state index is 0.0169. The largest absolute Gasteiger partial charge is 0.486 e. The van der Waals surface area contributed by atoms with Crippen molar-refractivity contribution in [3.05, 3.63) is 24.0 Å². The molecule has 1 aromatic carbocycles. The Hall–Kier alpha value is -1.96. The third-order valence-corrected chi connectivity index (χ3v) is 4.60. The Balaban J connectivity index is 1.49. The zero-order valence-corrected chi connectivity index (χ0v) is 13.7. The lowest BCUT2D eigenvalue weighted by atomic mass is 9.76. The molecule has 1 aromatic rings. The Bertz CT molecular complexity index is 639. The van der Waals surface area contributed by atoms with Crippen LogP contribution in [0.5, 0.6) is 11.5 Å². The highest BCUT2D eigenvalue weighted by Crippen LogP contribution is 2.37. The van der Waals surface area contributed by atoms with E-state index in [0.717, 1.165) is 18.2 Å². The van der Waals surface area contributed by atoms with Gasteiger partial charge in [0.25, 0.3) is 0 Å². The van der Waals surface area contributed by atoms with Gasteiger partial charge in [-0.15, -0.1) is 0 Å². The van der Waals surface area contributed by atoms with Crippen LogP contribution in [0.1, 0.15) is 32.6 Å². The number of alkyl halides is 2. The first-order valence-corrected chi connectivity index (χ1v) is 8.15. The number of rotatable bonds is 6. The van der Waals surface area contributed by atoms with Crippen molar-refractivity contribution in [2.45, 2.75) is 57.0 Å². The number of halogens is 3. The van der Waals surface area contributed by atoms with E-state index in [2.05, 4.69) is 10.1 Å². The first kappa shape index (κ1) is 17.8. The molecule has 0 atom stereocenters. The van der Waals surface area contributed by atoms with Crippen LogP contribution < -0.4 is 14.8 Å². The quantitative estimate of drug-likeness (QED) is 0.819. The van der Waals surface area contributed by atoms with Crippen LogP contribution in [0.4, 0.5) is 13.2 Å². The molecule has 25 heavy (non-hydrogen) atoms. The van der Waals surface area contributed by atoms with Crippen LogP contribution in [-0.4, -0.2) is 35.4 Å². The first-order valence-electron chi connectivity index (χ1n) is 8.15. The molecule has 2 aliphatic rings. The number of hydrogen-bond donors (Lipinski definition) is 2. The van der Waals surface area contributed by atoms with Gasteiger partial charge in [0, 0.05) is 18.0 Å². The summed E-state index contributed by atoms with van der Waals surface area (Å²) in [6, 6.07) is 3.07.